The van der Waals surface area contributed by atoms with Crippen LogP contribution in [0.15, 0.2) is 30.5 Å². The molecule has 108 valence electrons. The van der Waals surface area contributed by atoms with Crippen LogP contribution in [0.2, 0.25) is 0 Å². The minimum atomic E-state index is -0.736. The molecule has 1 aliphatic heterocycles. The zero-order chi connectivity index (χ0) is 15.0. The van der Waals surface area contributed by atoms with Crippen LogP contribution in [0.25, 0.3) is 10.9 Å². The molecule has 0 radical (unpaired) electrons. The number of rotatable bonds is 3. The number of carbonyl (C=O) groups excluding carboxylic acids is 3. The fourth-order valence-corrected chi connectivity index (χ4v) is 2.56. The molecule has 1 aromatic heterocycles. The lowest BCUT2D eigenvalue weighted by atomic mass is 10.1. The molecule has 2 aromatic rings. The van der Waals surface area contributed by atoms with Gasteiger partial charge in [-0.05, 0) is 11.6 Å². The standard InChI is InChI=1S/C15H15N3O3/c1-18-14(20)7-12(15(18)21)17-13(19)6-9-8-16-11-5-3-2-4-10(9)11/h2-5,8,12,16H,6-7H2,1H3,(H,17,19). The van der Waals surface area contributed by atoms with Crippen molar-refractivity contribution in [2.24, 2.45) is 0 Å². The number of amides is 3. The molecular weight excluding hydrogens is 270 g/mol. The normalized spacial score (nSPS) is 18.5. The summed E-state index contributed by atoms with van der Waals surface area (Å²) in [6, 6.07) is 6.96. The van der Waals surface area contributed by atoms with Gasteiger partial charge in [0.2, 0.25) is 11.8 Å². The van der Waals surface area contributed by atoms with Crippen molar-refractivity contribution in [1.82, 2.24) is 15.2 Å². The van der Waals surface area contributed by atoms with Gasteiger partial charge in [-0.2, -0.15) is 0 Å². The molecule has 6 nitrogen and oxygen atoms in total. The number of hydrogen-bond donors (Lipinski definition) is 2. The topological polar surface area (TPSA) is 82.3 Å². The summed E-state index contributed by atoms with van der Waals surface area (Å²) in [5.41, 5.74) is 1.83. The first-order valence-electron chi connectivity index (χ1n) is 6.71. The molecule has 0 aliphatic carbocycles. The molecule has 1 unspecified atom stereocenters. The lowest BCUT2D eigenvalue weighted by Gasteiger charge is -2.10. The maximum Gasteiger partial charge on any atom is 0.252 e. The monoisotopic (exact) mass is 285 g/mol. The second kappa shape index (κ2) is 5.05. The molecule has 1 saturated heterocycles. The van der Waals surface area contributed by atoms with Gasteiger partial charge in [0.15, 0.2) is 0 Å². The molecule has 1 atom stereocenters. The summed E-state index contributed by atoms with van der Waals surface area (Å²) < 4.78 is 0. The smallest absolute Gasteiger partial charge is 0.252 e. The number of H-pyrrole nitrogens is 1. The van der Waals surface area contributed by atoms with Crippen LogP contribution in [-0.4, -0.2) is 40.7 Å². The van der Waals surface area contributed by atoms with Gasteiger partial charge in [-0.3, -0.25) is 19.3 Å². The van der Waals surface area contributed by atoms with E-state index < -0.39 is 6.04 Å². The predicted octanol–water partition coefficient (Wildman–Crippen LogP) is 0.584. The van der Waals surface area contributed by atoms with Crippen LogP contribution in [-0.2, 0) is 20.8 Å². The van der Waals surface area contributed by atoms with E-state index in [-0.39, 0.29) is 30.6 Å². The van der Waals surface area contributed by atoms with E-state index in [4.69, 9.17) is 0 Å². The van der Waals surface area contributed by atoms with Crippen LogP contribution in [0.4, 0.5) is 0 Å². The molecule has 6 heteroatoms. The Morgan fingerprint density at radius 2 is 2.14 bits per heavy atom. The molecule has 0 saturated carbocycles. The summed E-state index contributed by atoms with van der Waals surface area (Å²) in [4.78, 5) is 39.4. The highest BCUT2D eigenvalue weighted by molar-refractivity contribution is 6.06. The van der Waals surface area contributed by atoms with Gasteiger partial charge in [0.05, 0.1) is 12.8 Å². The van der Waals surface area contributed by atoms with Crippen LogP contribution in [0.3, 0.4) is 0 Å². The predicted molar refractivity (Wildman–Crippen MR) is 76.3 cm³/mol. The summed E-state index contributed by atoms with van der Waals surface area (Å²) in [6.07, 6.45) is 2.00. The average Bonchev–Trinajstić information content (AvgIpc) is 2.97. The molecule has 2 heterocycles. The maximum absolute atomic E-state index is 12.1. The number of nitrogens with one attached hydrogen (secondary N) is 2. The number of nitrogens with zero attached hydrogens (tertiary/aromatic N) is 1. The number of imide groups is 1. The van der Waals surface area contributed by atoms with Crippen molar-refractivity contribution in [2.75, 3.05) is 7.05 Å². The Labute approximate surface area is 121 Å². The quantitative estimate of drug-likeness (QED) is 0.809. The van der Waals surface area contributed by atoms with Gasteiger partial charge >= 0.3 is 0 Å². The number of carbonyl (C=O) groups is 3. The number of likely N-dealkylation sites (N-methyl/N-ethyl adjacent to an activating group) is 1. The summed E-state index contributed by atoms with van der Waals surface area (Å²) >= 11 is 0. The minimum Gasteiger partial charge on any atom is -0.361 e. The Balaban J connectivity index is 1.70. The van der Waals surface area contributed by atoms with E-state index >= 15 is 0 Å². The number of hydrogen-bond acceptors (Lipinski definition) is 3. The van der Waals surface area contributed by atoms with Crippen molar-refractivity contribution in [1.29, 1.82) is 0 Å². The summed E-state index contributed by atoms with van der Waals surface area (Å²) in [6.45, 7) is 0. The fraction of sp³-hybridized carbons (Fsp3) is 0.267. The molecular formula is C15H15N3O3. The first-order chi connectivity index (χ1) is 10.1. The molecule has 1 fully saturated rings. The van der Waals surface area contributed by atoms with Crippen molar-refractivity contribution >= 4 is 28.6 Å². The maximum atomic E-state index is 12.1. The molecule has 2 N–H and O–H groups in total. The van der Waals surface area contributed by atoms with Gasteiger partial charge in [-0.1, -0.05) is 18.2 Å². The van der Waals surface area contributed by atoms with Crippen molar-refractivity contribution < 1.29 is 14.4 Å². The van der Waals surface area contributed by atoms with Gasteiger partial charge in [-0.15, -0.1) is 0 Å². The Kier molecular flexibility index (Phi) is 3.21. The van der Waals surface area contributed by atoms with Crippen LogP contribution >= 0.6 is 0 Å². The number of aromatic nitrogens is 1. The van der Waals surface area contributed by atoms with Crippen LogP contribution in [0.1, 0.15) is 12.0 Å². The van der Waals surface area contributed by atoms with E-state index in [1.807, 2.05) is 24.3 Å². The first-order valence-corrected chi connectivity index (χ1v) is 6.71. The molecule has 0 spiro atoms. The lowest BCUT2D eigenvalue weighted by molar-refractivity contribution is -0.138. The summed E-state index contributed by atoms with van der Waals surface area (Å²) in [5, 5.41) is 3.61. The molecule has 3 rings (SSSR count). The largest absolute Gasteiger partial charge is 0.361 e. The highest BCUT2D eigenvalue weighted by Crippen LogP contribution is 2.18. The third-order valence-electron chi connectivity index (χ3n) is 3.74. The molecule has 1 aromatic carbocycles. The van der Waals surface area contributed by atoms with Gasteiger partial charge in [0.1, 0.15) is 6.04 Å². The second-order valence-electron chi connectivity index (χ2n) is 5.15. The third kappa shape index (κ3) is 2.40. The van der Waals surface area contributed by atoms with E-state index in [2.05, 4.69) is 10.3 Å². The Morgan fingerprint density at radius 1 is 1.38 bits per heavy atom. The fourth-order valence-electron chi connectivity index (χ4n) is 2.56. The number of likely N-dealkylation sites (tertiary alicyclic amines) is 1. The van der Waals surface area contributed by atoms with Gasteiger partial charge in [0, 0.05) is 24.1 Å². The SMILES string of the molecule is CN1C(=O)CC(NC(=O)Cc2c[nH]c3ccccc23)C1=O. The molecule has 1 aliphatic rings. The number of fused-ring (bicyclic) bond motifs is 1. The third-order valence-corrected chi connectivity index (χ3v) is 3.74. The zero-order valence-corrected chi connectivity index (χ0v) is 11.6. The van der Waals surface area contributed by atoms with Crippen molar-refractivity contribution in [3.63, 3.8) is 0 Å². The van der Waals surface area contributed by atoms with E-state index in [0.717, 1.165) is 21.4 Å². The van der Waals surface area contributed by atoms with Gasteiger partial charge < -0.3 is 10.3 Å². The molecule has 0 bridgehead atoms. The molecule has 3 amide bonds. The number of aromatic amines is 1. The zero-order valence-electron chi connectivity index (χ0n) is 11.6. The lowest BCUT2D eigenvalue weighted by Crippen LogP contribution is -2.41. The van der Waals surface area contributed by atoms with Crippen LogP contribution in [0.5, 0.6) is 0 Å². The number of para-hydroxylation sites is 1. The van der Waals surface area contributed by atoms with Crippen LogP contribution < -0.4 is 5.32 Å². The Morgan fingerprint density at radius 3 is 2.86 bits per heavy atom. The summed E-state index contributed by atoms with van der Waals surface area (Å²) in [7, 11) is 1.43. The molecule has 21 heavy (non-hydrogen) atoms. The van der Waals surface area contributed by atoms with Gasteiger partial charge in [-0.25, -0.2) is 0 Å². The van der Waals surface area contributed by atoms with Crippen molar-refractivity contribution in [3.8, 4) is 0 Å². The summed E-state index contributed by atoms with van der Waals surface area (Å²) in [5.74, 6) is -0.883. The first kappa shape index (κ1) is 13.4. The average molecular weight is 285 g/mol. The van der Waals surface area contributed by atoms with E-state index in [1.54, 1.807) is 6.20 Å². The Bertz CT molecular complexity index is 735. The highest BCUT2D eigenvalue weighted by atomic mass is 16.2. The van der Waals surface area contributed by atoms with E-state index in [0.29, 0.717) is 0 Å². The van der Waals surface area contributed by atoms with Crippen LogP contribution in [0, 0.1) is 0 Å². The number of benzene rings is 1. The van der Waals surface area contributed by atoms with E-state index in [1.165, 1.54) is 7.05 Å². The Hall–Kier alpha value is -2.63. The van der Waals surface area contributed by atoms with Crippen molar-refractivity contribution in [2.45, 2.75) is 18.9 Å². The second-order valence-corrected chi connectivity index (χ2v) is 5.15. The van der Waals surface area contributed by atoms with Gasteiger partial charge in [0.25, 0.3) is 5.91 Å². The van der Waals surface area contributed by atoms with E-state index in [9.17, 15) is 14.4 Å². The van der Waals surface area contributed by atoms with Crippen molar-refractivity contribution in [3.05, 3.63) is 36.0 Å². The minimum absolute atomic E-state index is 0.0367. The highest BCUT2D eigenvalue weighted by Gasteiger charge is 2.36.